The first-order valence-electron chi connectivity index (χ1n) is 21.9. The standard InChI is InChI=1S/C61H39N3O/c1-4-14-40(15-5-1)42-28-32-46(33-29-42)52-24-12-25-53-57-54(26-13-27-56(57)65-58(52)53)61-63-59(47-35-30-43(31-36-47)49-22-10-21-48(38-49)41-16-6-2-7-17-41)62-60(64-61)50-37-34-45-20-11-23-51(55(45)39-50)44-18-8-3-9-19-44/h1-39H. The Morgan fingerprint density at radius 1 is 0.262 bits per heavy atom. The molecule has 0 N–H and O–H groups in total. The maximum Gasteiger partial charge on any atom is 0.164 e. The number of benzene rings is 10. The Morgan fingerprint density at radius 3 is 1.43 bits per heavy atom. The number of aromatic nitrogens is 3. The summed E-state index contributed by atoms with van der Waals surface area (Å²) >= 11 is 0. The van der Waals surface area contributed by atoms with Crippen LogP contribution in [0, 0.1) is 0 Å². The van der Waals surface area contributed by atoms with Crippen LogP contribution in [0.3, 0.4) is 0 Å². The number of fused-ring (bicyclic) bond motifs is 4. The first kappa shape index (κ1) is 38.0. The third-order valence-electron chi connectivity index (χ3n) is 12.4. The molecule has 0 bridgehead atoms. The minimum absolute atomic E-state index is 0.576. The molecule has 0 aliphatic carbocycles. The molecule has 4 heteroatoms. The van der Waals surface area contributed by atoms with Gasteiger partial charge in [-0.25, -0.2) is 15.0 Å². The fourth-order valence-corrected chi connectivity index (χ4v) is 9.09. The molecule has 0 spiro atoms. The van der Waals surface area contributed by atoms with Gasteiger partial charge in [0.2, 0.25) is 0 Å². The fourth-order valence-electron chi connectivity index (χ4n) is 9.09. The van der Waals surface area contributed by atoms with E-state index in [4.69, 9.17) is 19.4 Å². The van der Waals surface area contributed by atoms with E-state index >= 15 is 0 Å². The molecular weight excluding hydrogens is 791 g/mol. The molecule has 65 heavy (non-hydrogen) atoms. The number of para-hydroxylation sites is 1. The molecule has 12 aromatic rings. The SMILES string of the molecule is c1ccc(-c2ccc(-c3cccc4c3oc3cccc(-c5nc(-c6ccc(-c7cccc(-c8ccccc8)c7)cc6)nc(-c6ccc7cccc(-c8ccccc8)c7c6)n5)c34)cc2)cc1. The van der Waals surface area contributed by atoms with E-state index in [1.165, 1.54) is 22.3 Å². The van der Waals surface area contributed by atoms with Crippen LogP contribution in [0.5, 0.6) is 0 Å². The molecule has 0 saturated heterocycles. The number of rotatable bonds is 8. The van der Waals surface area contributed by atoms with Gasteiger partial charge in [-0.1, -0.05) is 218 Å². The molecule has 0 radical (unpaired) electrons. The minimum atomic E-state index is 0.576. The second kappa shape index (κ2) is 16.2. The van der Waals surface area contributed by atoms with Crippen molar-refractivity contribution in [3.8, 4) is 89.8 Å². The normalized spacial score (nSPS) is 11.4. The molecule has 0 saturated carbocycles. The van der Waals surface area contributed by atoms with Gasteiger partial charge in [0.05, 0.1) is 0 Å². The molecule has 0 amide bonds. The van der Waals surface area contributed by atoms with Gasteiger partial charge >= 0.3 is 0 Å². The Labute approximate surface area is 376 Å². The highest BCUT2D eigenvalue weighted by Gasteiger charge is 2.20. The molecule has 10 aromatic carbocycles. The molecule has 0 unspecified atom stereocenters. The molecular formula is C61H39N3O. The van der Waals surface area contributed by atoms with Crippen LogP contribution in [0.4, 0.5) is 0 Å². The molecule has 0 aliphatic heterocycles. The molecule has 12 rings (SSSR count). The van der Waals surface area contributed by atoms with Gasteiger partial charge in [0.1, 0.15) is 11.2 Å². The summed E-state index contributed by atoms with van der Waals surface area (Å²) in [5.41, 5.74) is 15.7. The van der Waals surface area contributed by atoms with Crippen molar-refractivity contribution in [2.45, 2.75) is 0 Å². The number of nitrogens with zero attached hydrogens (tertiary/aromatic N) is 3. The maximum absolute atomic E-state index is 6.77. The predicted octanol–water partition coefficient (Wildman–Crippen LogP) is 16.3. The zero-order chi connectivity index (χ0) is 43.1. The van der Waals surface area contributed by atoms with Crippen molar-refractivity contribution < 1.29 is 4.42 Å². The highest BCUT2D eigenvalue weighted by atomic mass is 16.3. The third kappa shape index (κ3) is 7.13. The van der Waals surface area contributed by atoms with Crippen molar-refractivity contribution in [1.82, 2.24) is 15.0 Å². The molecule has 0 atom stereocenters. The summed E-state index contributed by atoms with van der Waals surface area (Å²) in [4.78, 5) is 15.8. The Morgan fingerprint density at radius 2 is 0.723 bits per heavy atom. The Kier molecular flexibility index (Phi) is 9.46. The van der Waals surface area contributed by atoms with Crippen LogP contribution in [-0.4, -0.2) is 15.0 Å². The lowest BCUT2D eigenvalue weighted by Gasteiger charge is -2.12. The van der Waals surface area contributed by atoms with Crippen LogP contribution in [0.1, 0.15) is 0 Å². The second-order valence-electron chi connectivity index (χ2n) is 16.3. The van der Waals surface area contributed by atoms with Crippen LogP contribution in [0.25, 0.3) is 123 Å². The van der Waals surface area contributed by atoms with E-state index in [2.05, 4.69) is 212 Å². The van der Waals surface area contributed by atoms with Crippen molar-refractivity contribution in [2.75, 3.05) is 0 Å². The van der Waals surface area contributed by atoms with E-state index in [1.54, 1.807) is 0 Å². The summed E-state index contributed by atoms with van der Waals surface area (Å²) in [6.07, 6.45) is 0. The second-order valence-corrected chi connectivity index (χ2v) is 16.3. The van der Waals surface area contributed by atoms with Gasteiger partial charge in [-0.15, -0.1) is 0 Å². The topological polar surface area (TPSA) is 51.8 Å². The average molecular weight is 830 g/mol. The van der Waals surface area contributed by atoms with Crippen molar-refractivity contribution in [2.24, 2.45) is 0 Å². The first-order valence-corrected chi connectivity index (χ1v) is 21.9. The highest BCUT2D eigenvalue weighted by Crippen LogP contribution is 2.41. The smallest absolute Gasteiger partial charge is 0.164 e. The number of hydrogen-bond donors (Lipinski definition) is 0. The summed E-state index contributed by atoms with van der Waals surface area (Å²) in [7, 11) is 0. The van der Waals surface area contributed by atoms with E-state index in [9.17, 15) is 0 Å². The van der Waals surface area contributed by atoms with Crippen molar-refractivity contribution in [1.29, 1.82) is 0 Å². The Balaban J connectivity index is 1.00. The largest absolute Gasteiger partial charge is 0.455 e. The summed E-state index contributed by atoms with van der Waals surface area (Å²) in [5.74, 6) is 1.76. The quantitative estimate of drug-likeness (QED) is 0.153. The van der Waals surface area contributed by atoms with Gasteiger partial charge in [-0.2, -0.15) is 0 Å². The van der Waals surface area contributed by atoms with Gasteiger partial charge in [-0.3, -0.25) is 0 Å². The number of furan rings is 1. The molecule has 2 aromatic heterocycles. The van der Waals surface area contributed by atoms with Crippen LogP contribution in [0.2, 0.25) is 0 Å². The lowest BCUT2D eigenvalue weighted by molar-refractivity contribution is 0.670. The van der Waals surface area contributed by atoms with E-state index in [0.29, 0.717) is 17.5 Å². The average Bonchev–Trinajstić information content (AvgIpc) is 3.79. The zero-order valence-corrected chi connectivity index (χ0v) is 35.3. The minimum Gasteiger partial charge on any atom is -0.455 e. The van der Waals surface area contributed by atoms with E-state index < -0.39 is 0 Å². The highest BCUT2D eigenvalue weighted by molar-refractivity contribution is 6.15. The Bertz CT molecular complexity index is 3670. The van der Waals surface area contributed by atoms with Gasteiger partial charge in [0, 0.05) is 33.0 Å². The van der Waals surface area contributed by atoms with E-state index in [1.807, 2.05) is 24.3 Å². The van der Waals surface area contributed by atoms with Gasteiger partial charge in [0.25, 0.3) is 0 Å². The molecule has 0 aliphatic rings. The lowest BCUT2D eigenvalue weighted by Crippen LogP contribution is -2.00. The van der Waals surface area contributed by atoms with Gasteiger partial charge in [0.15, 0.2) is 17.5 Å². The van der Waals surface area contributed by atoms with Gasteiger partial charge in [-0.05, 0) is 79.0 Å². The van der Waals surface area contributed by atoms with E-state index in [-0.39, 0.29) is 0 Å². The summed E-state index contributed by atoms with van der Waals surface area (Å²) in [6, 6.07) is 82.9. The van der Waals surface area contributed by atoms with Crippen LogP contribution in [0.15, 0.2) is 241 Å². The summed E-state index contributed by atoms with van der Waals surface area (Å²) in [6.45, 7) is 0. The molecule has 2 heterocycles. The fraction of sp³-hybridized carbons (Fsp3) is 0. The monoisotopic (exact) mass is 829 g/mol. The van der Waals surface area contributed by atoms with Crippen LogP contribution < -0.4 is 0 Å². The summed E-state index contributed by atoms with van der Waals surface area (Å²) < 4.78 is 6.77. The molecule has 304 valence electrons. The summed E-state index contributed by atoms with van der Waals surface area (Å²) in [5, 5.41) is 4.25. The Hall–Kier alpha value is -8.73. The number of hydrogen-bond acceptors (Lipinski definition) is 4. The molecule has 4 nitrogen and oxygen atoms in total. The van der Waals surface area contributed by atoms with E-state index in [0.717, 1.165) is 82.8 Å². The third-order valence-corrected chi connectivity index (χ3v) is 12.4. The maximum atomic E-state index is 6.77. The van der Waals surface area contributed by atoms with Crippen molar-refractivity contribution in [3.63, 3.8) is 0 Å². The first-order chi connectivity index (χ1) is 32.2. The predicted molar refractivity (Wildman–Crippen MR) is 268 cm³/mol. The van der Waals surface area contributed by atoms with Crippen molar-refractivity contribution >= 4 is 32.7 Å². The zero-order valence-electron chi connectivity index (χ0n) is 35.3. The van der Waals surface area contributed by atoms with Crippen molar-refractivity contribution in [3.05, 3.63) is 237 Å². The lowest BCUT2D eigenvalue weighted by atomic mass is 9.96. The van der Waals surface area contributed by atoms with Crippen LogP contribution in [-0.2, 0) is 0 Å². The molecule has 0 fully saturated rings. The van der Waals surface area contributed by atoms with Gasteiger partial charge < -0.3 is 4.42 Å². The van der Waals surface area contributed by atoms with Crippen LogP contribution >= 0.6 is 0 Å².